The average Bonchev–Trinajstić information content (AvgIpc) is 3.21. The zero-order valence-electron chi connectivity index (χ0n) is 18.2. The van der Waals surface area contributed by atoms with Crippen LogP contribution in [0.1, 0.15) is 21.5 Å². The predicted octanol–water partition coefficient (Wildman–Crippen LogP) is 6.39. The second kappa shape index (κ2) is 8.48. The molecule has 2 N–H and O–H groups in total. The molecular formula is C27H21N3O2S. The van der Waals surface area contributed by atoms with Crippen molar-refractivity contribution in [3.05, 3.63) is 95.6 Å². The Morgan fingerprint density at radius 3 is 2.42 bits per heavy atom. The number of oxazole rings is 1. The Bertz CT molecular complexity index is 1520. The van der Waals surface area contributed by atoms with Crippen molar-refractivity contribution in [2.75, 3.05) is 5.32 Å². The van der Waals surface area contributed by atoms with Gasteiger partial charge in [0.2, 0.25) is 5.89 Å². The standard InChI is InChI=1S/C27H21N3O2S/c1-16-11-17(2)13-21(12-16)25(31)30-27(33)28-22-9-10-24-23(15-22)29-26(32-24)20-8-7-18-5-3-4-6-19(18)14-20/h3-15H,1-2H3,(H2,28,30,31,33). The van der Waals surface area contributed by atoms with Crippen LogP contribution >= 0.6 is 12.2 Å². The maximum Gasteiger partial charge on any atom is 0.257 e. The van der Waals surface area contributed by atoms with Crippen molar-refractivity contribution >= 4 is 50.8 Å². The van der Waals surface area contributed by atoms with E-state index in [0.717, 1.165) is 22.1 Å². The number of aryl methyl sites for hydroxylation is 2. The van der Waals surface area contributed by atoms with Crippen LogP contribution in [0.2, 0.25) is 0 Å². The summed E-state index contributed by atoms with van der Waals surface area (Å²) in [5.74, 6) is 0.305. The highest BCUT2D eigenvalue weighted by molar-refractivity contribution is 7.80. The lowest BCUT2D eigenvalue weighted by Gasteiger charge is -2.10. The smallest absolute Gasteiger partial charge is 0.257 e. The number of hydrogen-bond donors (Lipinski definition) is 2. The van der Waals surface area contributed by atoms with Crippen LogP contribution in [0.25, 0.3) is 33.3 Å². The minimum atomic E-state index is -0.250. The lowest BCUT2D eigenvalue weighted by molar-refractivity contribution is 0.0977. The first-order valence-corrected chi connectivity index (χ1v) is 11.0. The van der Waals surface area contributed by atoms with E-state index >= 15 is 0 Å². The molecule has 0 aliphatic rings. The number of thiocarbonyl (C=S) groups is 1. The first-order valence-electron chi connectivity index (χ1n) is 10.5. The summed E-state index contributed by atoms with van der Waals surface area (Å²) in [6.07, 6.45) is 0. The maximum atomic E-state index is 12.5. The van der Waals surface area contributed by atoms with E-state index in [1.807, 2.05) is 68.4 Å². The Kier molecular flexibility index (Phi) is 5.36. The van der Waals surface area contributed by atoms with Gasteiger partial charge in [-0.2, -0.15) is 0 Å². The predicted molar refractivity (Wildman–Crippen MR) is 137 cm³/mol. The molecule has 1 amide bonds. The Labute approximate surface area is 196 Å². The Morgan fingerprint density at radius 1 is 0.879 bits per heavy atom. The highest BCUT2D eigenvalue weighted by atomic mass is 32.1. The highest BCUT2D eigenvalue weighted by Crippen LogP contribution is 2.28. The fourth-order valence-corrected chi connectivity index (χ4v) is 4.10. The van der Waals surface area contributed by atoms with Crippen molar-refractivity contribution in [1.82, 2.24) is 10.3 Å². The van der Waals surface area contributed by atoms with Gasteiger partial charge in [-0.15, -0.1) is 0 Å². The van der Waals surface area contributed by atoms with Gasteiger partial charge in [-0.1, -0.05) is 47.5 Å². The number of anilines is 1. The number of amides is 1. The number of carbonyl (C=O) groups excluding carboxylic acids is 1. The summed E-state index contributed by atoms with van der Waals surface area (Å²) < 4.78 is 5.97. The molecule has 0 spiro atoms. The molecule has 0 atom stereocenters. The molecule has 0 fully saturated rings. The van der Waals surface area contributed by atoms with Gasteiger partial charge in [0, 0.05) is 16.8 Å². The minimum Gasteiger partial charge on any atom is -0.436 e. The molecule has 1 aromatic heterocycles. The van der Waals surface area contributed by atoms with E-state index in [4.69, 9.17) is 16.6 Å². The van der Waals surface area contributed by atoms with Gasteiger partial charge in [0.25, 0.3) is 5.91 Å². The molecule has 5 rings (SSSR count). The lowest BCUT2D eigenvalue weighted by atomic mass is 10.1. The quantitative estimate of drug-likeness (QED) is 0.311. The van der Waals surface area contributed by atoms with E-state index in [9.17, 15) is 4.79 Å². The summed E-state index contributed by atoms with van der Waals surface area (Å²) in [5.41, 5.74) is 5.63. The minimum absolute atomic E-state index is 0.219. The van der Waals surface area contributed by atoms with E-state index in [-0.39, 0.29) is 11.0 Å². The summed E-state index contributed by atoms with van der Waals surface area (Å²) in [4.78, 5) is 17.2. The van der Waals surface area contributed by atoms with Crippen molar-refractivity contribution in [2.24, 2.45) is 0 Å². The Balaban J connectivity index is 1.34. The fourth-order valence-electron chi connectivity index (χ4n) is 3.89. The molecule has 0 unspecified atom stereocenters. The number of nitrogens with one attached hydrogen (secondary N) is 2. The highest BCUT2D eigenvalue weighted by Gasteiger charge is 2.12. The third kappa shape index (κ3) is 4.47. The third-order valence-corrected chi connectivity index (χ3v) is 5.56. The summed E-state index contributed by atoms with van der Waals surface area (Å²) in [6.45, 7) is 3.92. The molecule has 0 aliphatic heterocycles. The number of hydrogen-bond acceptors (Lipinski definition) is 4. The van der Waals surface area contributed by atoms with Crippen LogP contribution in [0, 0.1) is 13.8 Å². The van der Waals surface area contributed by atoms with Gasteiger partial charge >= 0.3 is 0 Å². The molecular weight excluding hydrogens is 430 g/mol. The Hall–Kier alpha value is -4.03. The SMILES string of the molecule is Cc1cc(C)cc(C(=O)NC(=S)Nc2ccc3oc(-c4ccc5ccccc5c4)nc3c2)c1. The van der Waals surface area contributed by atoms with Gasteiger partial charge in [-0.3, -0.25) is 10.1 Å². The van der Waals surface area contributed by atoms with E-state index in [0.29, 0.717) is 28.2 Å². The van der Waals surface area contributed by atoms with Crippen molar-refractivity contribution in [2.45, 2.75) is 13.8 Å². The second-order valence-corrected chi connectivity index (χ2v) is 8.46. The van der Waals surface area contributed by atoms with Crippen LogP contribution < -0.4 is 10.6 Å². The van der Waals surface area contributed by atoms with Gasteiger partial charge in [0.05, 0.1) is 0 Å². The molecule has 0 saturated heterocycles. The Morgan fingerprint density at radius 2 is 1.64 bits per heavy atom. The monoisotopic (exact) mass is 451 g/mol. The zero-order valence-corrected chi connectivity index (χ0v) is 19.0. The van der Waals surface area contributed by atoms with Crippen LogP contribution in [0.4, 0.5) is 5.69 Å². The molecule has 5 aromatic rings. The van der Waals surface area contributed by atoms with E-state index in [1.165, 1.54) is 5.39 Å². The van der Waals surface area contributed by atoms with Crippen molar-refractivity contribution in [1.29, 1.82) is 0 Å². The van der Waals surface area contributed by atoms with Crippen LogP contribution in [0.5, 0.6) is 0 Å². The van der Waals surface area contributed by atoms with Gasteiger partial charge in [0.15, 0.2) is 10.7 Å². The van der Waals surface area contributed by atoms with Gasteiger partial charge < -0.3 is 9.73 Å². The first kappa shape index (κ1) is 20.8. The molecule has 33 heavy (non-hydrogen) atoms. The van der Waals surface area contributed by atoms with E-state index < -0.39 is 0 Å². The topological polar surface area (TPSA) is 67.2 Å². The molecule has 162 valence electrons. The normalized spacial score (nSPS) is 11.0. The number of benzene rings is 4. The van der Waals surface area contributed by atoms with E-state index in [2.05, 4.69) is 39.9 Å². The zero-order chi connectivity index (χ0) is 22.9. The molecule has 4 aromatic carbocycles. The van der Waals surface area contributed by atoms with Crippen molar-refractivity contribution in [3.8, 4) is 11.5 Å². The molecule has 5 nitrogen and oxygen atoms in total. The molecule has 0 bridgehead atoms. The lowest BCUT2D eigenvalue weighted by Crippen LogP contribution is -2.34. The number of rotatable bonds is 3. The molecule has 6 heteroatoms. The van der Waals surface area contributed by atoms with Crippen molar-refractivity contribution in [3.63, 3.8) is 0 Å². The number of nitrogens with zero attached hydrogens (tertiary/aromatic N) is 1. The van der Waals surface area contributed by atoms with Crippen LogP contribution in [-0.4, -0.2) is 16.0 Å². The first-order chi connectivity index (χ1) is 15.9. The van der Waals surface area contributed by atoms with Gasteiger partial charge in [-0.25, -0.2) is 4.98 Å². The number of aromatic nitrogens is 1. The third-order valence-electron chi connectivity index (χ3n) is 5.35. The van der Waals surface area contributed by atoms with Crippen LogP contribution in [-0.2, 0) is 0 Å². The van der Waals surface area contributed by atoms with Gasteiger partial charge in [-0.05, 0) is 79.3 Å². The largest absolute Gasteiger partial charge is 0.436 e. The number of fused-ring (bicyclic) bond motifs is 2. The van der Waals surface area contributed by atoms with E-state index in [1.54, 1.807) is 0 Å². The van der Waals surface area contributed by atoms with Gasteiger partial charge in [0.1, 0.15) is 5.52 Å². The molecule has 0 aliphatic carbocycles. The summed E-state index contributed by atoms with van der Waals surface area (Å²) in [5, 5.41) is 8.30. The average molecular weight is 452 g/mol. The fraction of sp³-hybridized carbons (Fsp3) is 0.0741. The summed E-state index contributed by atoms with van der Waals surface area (Å²) >= 11 is 5.34. The van der Waals surface area contributed by atoms with Crippen LogP contribution in [0.15, 0.2) is 83.3 Å². The second-order valence-electron chi connectivity index (χ2n) is 8.05. The molecule has 0 saturated carbocycles. The van der Waals surface area contributed by atoms with Crippen molar-refractivity contribution < 1.29 is 9.21 Å². The molecule has 0 radical (unpaired) electrons. The molecule has 1 heterocycles. The summed E-state index contributed by atoms with van der Waals surface area (Å²) in [7, 11) is 0. The maximum absolute atomic E-state index is 12.5. The van der Waals surface area contributed by atoms with Crippen LogP contribution in [0.3, 0.4) is 0 Å². The summed E-state index contributed by atoms with van der Waals surface area (Å²) in [6, 6.07) is 25.5. The number of carbonyl (C=O) groups is 1.